The molecule has 3 rings (SSSR count). The van der Waals surface area contributed by atoms with Crippen LogP contribution in [-0.4, -0.2) is 75.1 Å². The number of allylic oxidation sites excluding steroid dienone is 20. The highest BCUT2D eigenvalue weighted by Crippen LogP contribution is 2.43. The van der Waals surface area contributed by atoms with E-state index in [1.54, 1.807) is 0 Å². The monoisotopic (exact) mass is 730 g/mol. The number of hydrogen-bond acceptors (Lipinski definition) is 7. The predicted molar refractivity (Wildman–Crippen MR) is 217 cm³/mol. The first-order valence-corrected chi connectivity index (χ1v) is 19.0. The lowest BCUT2D eigenvalue weighted by Gasteiger charge is -2.43. The van der Waals surface area contributed by atoms with Crippen molar-refractivity contribution in [2.45, 2.75) is 138 Å². The van der Waals surface area contributed by atoms with Crippen LogP contribution < -0.4 is 0 Å². The zero-order chi connectivity index (χ0) is 39.5. The van der Waals surface area contributed by atoms with Gasteiger partial charge in [-0.1, -0.05) is 146 Å². The van der Waals surface area contributed by atoms with Crippen LogP contribution in [-0.2, 0) is 9.47 Å². The molecule has 53 heavy (non-hydrogen) atoms. The standard InChI is InChI=1S/C46H66O7/c1-30(17-13-19-32(3)21-23-38-34(5)25-36(48)27-45(38,7)8)15-11-12-16-31(2)18-14-20-33(4)22-24-39-35(6)26-37(28-46(39,9)10)52-44-43(51)42(50)41(49)40(29-47)53-44/h11-24,36-37,40-44,47-51H,25-29H2,1-10H3/b12-11+,17-13+,18-14+,23-21+,24-22+,30-15+,31-16+,32-19+,33-20+/t36?,37?,40-,41-,42+,43-,44-/m1/s1. The Hall–Kier alpha value is -3.14. The molecule has 1 aliphatic heterocycles. The fourth-order valence-corrected chi connectivity index (χ4v) is 7.56. The number of aliphatic hydroxyl groups is 5. The molecule has 1 heterocycles. The molecule has 7 heteroatoms. The van der Waals surface area contributed by atoms with Crippen LogP contribution in [0, 0.1) is 10.8 Å². The summed E-state index contributed by atoms with van der Waals surface area (Å²) in [6.07, 6.45) is 25.5. The molecule has 7 nitrogen and oxygen atoms in total. The molecule has 0 aromatic rings. The van der Waals surface area contributed by atoms with Crippen LogP contribution in [0.15, 0.2) is 130 Å². The highest BCUT2D eigenvalue weighted by Gasteiger charge is 2.46. The minimum absolute atomic E-state index is 0.0167. The molecule has 1 fully saturated rings. The van der Waals surface area contributed by atoms with Gasteiger partial charge in [-0.05, 0) is 89.2 Å². The SMILES string of the molecule is CC1=C(/C=C/C(C)=C/C=C/C(C)=C/C=C/C=C(C)/C=C/C=C(C)/C=C/C2=C(C)CC(O[C@@H]3O[C@H](CO)[C@@H](O)[C@H](O)[C@H]3O)CC2(C)C)C(C)(C)CC(O)C1. The molecule has 2 aliphatic carbocycles. The normalized spacial score (nSPS) is 31.1. The van der Waals surface area contributed by atoms with Crippen molar-refractivity contribution in [3.05, 3.63) is 130 Å². The van der Waals surface area contributed by atoms with Crippen molar-refractivity contribution in [1.82, 2.24) is 0 Å². The summed E-state index contributed by atoms with van der Waals surface area (Å²) in [5.41, 5.74) is 9.39. The Kier molecular flexibility index (Phi) is 16.7. The Bertz CT molecular complexity index is 1600. The van der Waals surface area contributed by atoms with Crippen molar-refractivity contribution in [2.75, 3.05) is 6.61 Å². The van der Waals surface area contributed by atoms with E-state index in [0.29, 0.717) is 12.8 Å². The van der Waals surface area contributed by atoms with Crippen LogP contribution in [0.1, 0.15) is 94.9 Å². The van der Waals surface area contributed by atoms with E-state index in [4.69, 9.17) is 9.47 Å². The molecule has 0 aromatic carbocycles. The molecular weight excluding hydrogens is 664 g/mol. The molecule has 292 valence electrons. The van der Waals surface area contributed by atoms with E-state index < -0.39 is 37.3 Å². The lowest BCUT2D eigenvalue weighted by Crippen LogP contribution is -2.59. The van der Waals surface area contributed by atoms with Crippen LogP contribution in [0.2, 0.25) is 0 Å². The van der Waals surface area contributed by atoms with Crippen molar-refractivity contribution >= 4 is 0 Å². The third kappa shape index (κ3) is 13.3. The molecule has 3 aliphatic rings. The van der Waals surface area contributed by atoms with Gasteiger partial charge in [0.25, 0.3) is 0 Å². The molecule has 1 saturated heterocycles. The minimum Gasteiger partial charge on any atom is -0.394 e. The summed E-state index contributed by atoms with van der Waals surface area (Å²) in [7, 11) is 0. The lowest BCUT2D eigenvalue weighted by atomic mass is 9.71. The van der Waals surface area contributed by atoms with Crippen molar-refractivity contribution < 1.29 is 35.0 Å². The number of hydrogen-bond donors (Lipinski definition) is 5. The van der Waals surface area contributed by atoms with Gasteiger partial charge < -0.3 is 35.0 Å². The van der Waals surface area contributed by atoms with E-state index in [0.717, 1.165) is 29.6 Å². The third-order valence-electron chi connectivity index (χ3n) is 10.4. The van der Waals surface area contributed by atoms with Crippen LogP contribution in [0.4, 0.5) is 0 Å². The number of ether oxygens (including phenoxy) is 2. The van der Waals surface area contributed by atoms with Crippen LogP contribution in [0.5, 0.6) is 0 Å². The first-order chi connectivity index (χ1) is 24.8. The average Bonchev–Trinajstić information content (AvgIpc) is 3.05. The van der Waals surface area contributed by atoms with Gasteiger partial charge in [0.05, 0.1) is 18.8 Å². The maximum Gasteiger partial charge on any atom is 0.186 e. The molecule has 2 unspecified atom stereocenters. The number of aliphatic hydroxyl groups excluding tert-OH is 5. The fourth-order valence-electron chi connectivity index (χ4n) is 7.56. The Labute approximate surface area is 319 Å². The van der Waals surface area contributed by atoms with Gasteiger partial charge in [0.15, 0.2) is 6.29 Å². The van der Waals surface area contributed by atoms with E-state index in [-0.39, 0.29) is 23.0 Å². The Morgan fingerprint density at radius 1 is 0.642 bits per heavy atom. The molecular formula is C46H66O7. The second-order valence-corrected chi connectivity index (χ2v) is 16.5. The molecule has 7 atom stereocenters. The summed E-state index contributed by atoms with van der Waals surface area (Å²) in [6, 6.07) is 0. The average molecular weight is 731 g/mol. The van der Waals surface area contributed by atoms with Crippen molar-refractivity contribution in [3.8, 4) is 0 Å². The van der Waals surface area contributed by atoms with Gasteiger partial charge in [-0.25, -0.2) is 0 Å². The van der Waals surface area contributed by atoms with Crippen LogP contribution >= 0.6 is 0 Å². The van der Waals surface area contributed by atoms with E-state index in [2.05, 4.69) is 142 Å². The summed E-state index contributed by atoms with van der Waals surface area (Å²) in [6.45, 7) is 20.8. The Morgan fingerprint density at radius 3 is 1.57 bits per heavy atom. The maximum atomic E-state index is 10.4. The van der Waals surface area contributed by atoms with Gasteiger partial charge in [-0.2, -0.15) is 0 Å². The molecule has 0 saturated carbocycles. The molecule has 5 N–H and O–H groups in total. The first-order valence-electron chi connectivity index (χ1n) is 19.0. The van der Waals surface area contributed by atoms with E-state index >= 15 is 0 Å². The van der Waals surface area contributed by atoms with Gasteiger partial charge >= 0.3 is 0 Å². The van der Waals surface area contributed by atoms with Crippen LogP contribution in [0.3, 0.4) is 0 Å². The third-order valence-corrected chi connectivity index (χ3v) is 10.4. The van der Waals surface area contributed by atoms with E-state index in [1.165, 1.54) is 27.9 Å². The molecule has 0 spiro atoms. The van der Waals surface area contributed by atoms with Gasteiger partial charge in [0.2, 0.25) is 0 Å². The quantitative estimate of drug-likeness (QED) is 0.121. The Morgan fingerprint density at radius 2 is 1.09 bits per heavy atom. The molecule has 0 bridgehead atoms. The van der Waals surface area contributed by atoms with Gasteiger partial charge in [0, 0.05) is 0 Å². The second kappa shape index (κ2) is 20.0. The predicted octanol–water partition coefficient (Wildman–Crippen LogP) is 8.37. The lowest BCUT2D eigenvalue weighted by molar-refractivity contribution is -0.313. The molecule has 0 aromatic heterocycles. The minimum atomic E-state index is -1.45. The molecule has 0 amide bonds. The van der Waals surface area contributed by atoms with Gasteiger partial charge in [-0.15, -0.1) is 0 Å². The second-order valence-electron chi connectivity index (χ2n) is 16.5. The number of rotatable bonds is 13. The zero-order valence-corrected chi connectivity index (χ0v) is 33.7. The first kappa shape index (κ1) is 44.3. The summed E-state index contributed by atoms with van der Waals surface area (Å²) >= 11 is 0. The Balaban J connectivity index is 1.52. The van der Waals surface area contributed by atoms with E-state index in [1.807, 2.05) is 12.2 Å². The largest absolute Gasteiger partial charge is 0.394 e. The van der Waals surface area contributed by atoms with Crippen molar-refractivity contribution in [1.29, 1.82) is 0 Å². The van der Waals surface area contributed by atoms with Crippen molar-refractivity contribution in [2.24, 2.45) is 10.8 Å². The van der Waals surface area contributed by atoms with Gasteiger partial charge in [-0.3, -0.25) is 0 Å². The summed E-state index contributed by atoms with van der Waals surface area (Å²) < 4.78 is 11.7. The van der Waals surface area contributed by atoms with Crippen LogP contribution in [0.25, 0.3) is 0 Å². The maximum absolute atomic E-state index is 10.4. The molecule has 0 radical (unpaired) electrons. The smallest absolute Gasteiger partial charge is 0.186 e. The zero-order valence-electron chi connectivity index (χ0n) is 33.7. The highest BCUT2D eigenvalue weighted by atomic mass is 16.7. The summed E-state index contributed by atoms with van der Waals surface area (Å²) in [5.74, 6) is 0. The summed E-state index contributed by atoms with van der Waals surface area (Å²) in [5, 5.41) is 50.3. The summed E-state index contributed by atoms with van der Waals surface area (Å²) in [4.78, 5) is 0. The van der Waals surface area contributed by atoms with E-state index in [9.17, 15) is 25.5 Å². The topological polar surface area (TPSA) is 120 Å². The highest BCUT2D eigenvalue weighted by molar-refractivity contribution is 5.39. The fraction of sp³-hybridized carbons (Fsp3) is 0.522. The van der Waals surface area contributed by atoms with Gasteiger partial charge in [0.1, 0.15) is 24.4 Å². The van der Waals surface area contributed by atoms with Crippen molar-refractivity contribution in [3.63, 3.8) is 0 Å².